The third-order valence-corrected chi connectivity index (χ3v) is 3.96. The zero-order chi connectivity index (χ0) is 14.3. The lowest BCUT2D eigenvalue weighted by molar-refractivity contribution is 0.617. The number of para-hydroxylation sites is 1. The Balaban J connectivity index is 2.37. The molecule has 1 heterocycles. The molecular weight excluding hydrogens is 343 g/mol. The molecule has 0 aliphatic carbocycles. The minimum absolute atomic E-state index is 0.226. The fraction of sp³-hybridized carbons (Fsp3) is 0.133. The molecule has 0 bridgehead atoms. The molecule has 0 unspecified atom stereocenters. The van der Waals surface area contributed by atoms with Crippen LogP contribution in [0.4, 0.5) is 4.39 Å². The third kappa shape index (κ3) is 2.13. The molecule has 5 heteroatoms. The minimum atomic E-state index is -0.313. The number of halogens is 3. The van der Waals surface area contributed by atoms with Crippen LogP contribution in [-0.2, 0) is 5.88 Å². The number of alkyl halides is 1. The Kier molecular flexibility index (Phi) is 3.52. The molecule has 102 valence electrons. The highest BCUT2D eigenvalue weighted by molar-refractivity contribution is 9.10. The van der Waals surface area contributed by atoms with Crippen LogP contribution in [0.25, 0.3) is 16.7 Å². The normalized spacial score (nSPS) is 11.2. The van der Waals surface area contributed by atoms with Gasteiger partial charge in [0.15, 0.2) is 0 Å². The summed E-state index contributed by atoms with van der Waals surface area (Å²) in [6, 6.07) is 10.8. The molecule has 0 spiro atoms. The molecule has 0 aliphatic rings. The summed E-state index contributed by atoms with van der Waals surface area (Å²) in [7, 11) is 0. The van der Waals surface area contributed by atoms with E-state index in [9.17, 15) is 4.39 Å². The van der Waals surface area contributed by atoms with E-state index >= 15 is 0 Å². The van der Waals surface area contributed by atoms with Gasteiger partial charge in [-0.1, -0.05) is 28.1 Å². The van der Waals surface area contributed by atoms with Crippen LogP contribution in [0.3, 0.4) is 0 Å². The smallest absolute Gasteiger partial charge is 0.148 e. The number of nitrogens with zero attached hydrogens (tertiary/aromatic N) is 2. The number of hydrogen-bond donors (Lipinski definition) is 0. The Morgan fingerprint density at radius 1 is 1.30 bits per heavy atom. The van der Waals surface area contributed by atoms with Crippen LogP contribution >= 0.6 is 27.5 Å². The largest absolute Gasteiger partial charge is 0.292 e. The van der Waals surface area contributed by atoms with Gasteiger partial charge >= 0.3 is 0 Å². The van der Waals surface area contributed by atoms with Crippen molar-refractivity contribution in [2.24, 2.45) is 0 Å². The Morgan fingerprint density at radius 2 is 2.10 bits per heavy atom. The summed E-state index contributed by atoms with van der Waals surface area (Å²) in [5.74, 6) is 0.549. The molecule has 0 amide bonds. The van der Waals surface area contributed by atoms with Crippen LogP contribution in [0.1, 0.15) is 11.4 Å². The lowest BCUT2D eigenvalue weighted by atomic mass is 10.2. The van der Waals surface area contributed by atoms with Gasteiger partial charge in [0, 0.05) is 4.47 Å². The number of imidazole rings is 1. The molecule has 0 radical (unpaired) electrons. The van der Waals surface area contributed by atoms with Crippen molar-refractivity contribution in [2.45, 2.75) is 12.8 Å². The topological polar surface area (TPSA) is 17.8 Å². The number of fused-ring (bicyclic) bond motifs is 1. The molecule has 0 aliphatic heterocycles. The lowest BCUT2D eigenvalue weighted by Crippen LogP contribution is -2.02. The number of rotatable bonds is 2. The predicted octanol–water partition coefficient (Wildman–Crippen LogP) is 4.97. The molecule has 3 rings (SSSR count). The first-order chi connectivity index (χ1) is 9.61. The van der Waals surface area contributed by atoms with Crippen molar-refractivity contribution in [2.75, 3.05) is 0 Å². The molecule has 1 aromatic heterocycles. The number of hydrogen-bond acceptors (Lipinski definition) is 1. The quantitative estimate of drug-likeness (QED) is 0.594. The zero-order valence-corrected chi connectivity index (χ0v) is 13.0. The Labute approximate surface area is 129 Å². The Hall–Kier alpha value is -1.39. The van der Waals surface area contributed by atoms with Crippen LogP contribution in [0.2, 0.25) is 0 Å². The first-order valence-corrected chi connectivity index (χ1v) is 7.43. The van der Waals surface area contributed by atoms with Gasteiger partial charge in [0.2, 0.25) is 0 Å². The zero-order valence-electron chi connectivity index (χ0n) is 10.7. The summed E-state index contributed by atoms with van der Waals surface area (Å²) in [5.41, 5.74) is 3.22. The van der Waals surface area contributed by atoms with Gasteiger partial charge in [-0.15, -0.1) is 11.6 Å². The highest BCUT2D eigenvalue weighted by Gasteiger charge is 2.15. The molecule has 0 saturated heterocycles. The van der Waals surface area contributed by atoms with Crippen LogP contribution < -0.4 is 0 Å². The van der Waals surface area contributed by atoms with Crippen LogP contribution in [0, 0.1) is 12.7 Å². The fourth-order valence-corrected chi connectivity index (χ4v) is 2.82. The maximum Gasteiger partial charge on any atom is 0.148 e. The van der Waals surface area contributed by atoms with Crippen molar-refractivity contribution in [3.05, 3.63) is 58.1 Å². The van der Waals surface area contributed by atoms with Gasteiger partial charge in [-0.05, 0) is 36.8 Å². The van der Waals surface area contributed by atoms with E-state index < -0.39 is 0 Å². The van der Waals surface area contributed by atoms with Crippen LogP contribution in [0.5, 0.6) is 0 Å². The lowest BCUT2D eigenvalue weighted by Gasteiger charge is -2.09. The summed E-state index contributed by atoms with van der Waals surface area (Å²) >= 11 is 9.24. The van der Waals surface area contributed by atoms with Gasteiger partial charge in [-0.2, -0.15) is 0 Å². The Morgan fingerprint density at radius 3 is 2.80 bits per heavy atom. The summed E-state index contributed by atoms with van der Waals surface area (Å²) in [6.07, 6.45) is 0. The van der Waals surface area contributed by atoms with Crippen molar-refractivity contribution in [1.29, 1.82) is 0 Å². The van der Waals surface area contributed by atoms with Crippen LogP contribution in [0.15, 0.2) is 40.9 Å². The summed E-state index contributed by atoms with van der Waals surface area (Å²) in [5, 5.41) is 0. The fourth-order valence-electron chi connectivity index (χ4n) is 2.31. The molecule has 3 aromatic rings. The van der Waals surface area contributed by atoms with Gasteiger partial charge in [-0.25, -0.2) is 9.37 Å². The van der Waals surface area contributed by atoms with Crippen molar-refractivity contribution in [3.63, 3.8) is 0 Å². The van der Waals surface area contributed by atoms with E-state index in [-0.39, 0.29) is 11.7 Å². The minimum Gasteiger partial charge on any atom is -0.292 e. The second-order valence-corrected chi connectivity index (χ2v) is 5.72. The van der Waals surface area contributed by atoms with Gasteiger partial charge in [0.05, 0.1) is 22.6 Å². The first-order valence-electron chi connectivity index (χ1n) is 6.10. The number of aryl methyl sites for hydroxylation is 1. The van der Waals surface area contributed by atoms with Gasteiger partial charge in [0.1, 0.15) is 11.6 Å². The van der Waals surface area contributed by atoms with Gasteiger partial charge < -0.3 is 0 Å². The van der Waals surface area contributed by atoms with E-state index in [1.54, 1.807) is 16.7 Å². The van der Waals surface area contributed by atoms with Gasteiger partial charge in [-0.3, -0.25) is 4.57 Å². The van der Waals surface area contributed by atoms with E-state index in [4.69, 9.17) is 11.6 Å². The summed E-state index contributed by atoms with van der Waals surface area (Å²) < 4.78 is 16.7. The average molecular weight is 354 g/mol. The molecular formula is C15H11BrClFN2. The van der Waals surface area contributed by atoms with E-state index in [1.807, 2.05) is 25.1 Å². The Bertz CT molecular complexity index is 798. The maximum atomic E-state index is 14.2. The molecule has 0 atom stereocenters. The third-order valence-electron chi connectivity index (χ3n) is 3.23. The van der Waals surface area contributed by atoms with Gasteiger partial charge in [0.25, 0.3) is 0 Å². The van der Waals surface area contributed by atoms with E-state index in [0.29, 0.717) is 16.0 Å². The van der Waals surface area contributed by atoms with E-state index in [0.717, 1.165) is 16.6 Å². The monoisotopic (exact) mass is 352 g/mol. The maximum absolute atomic E-state index is 14.2. The summed E-state index contributed by atoms with van der Waals surface area (Å²) in [4.78, 5) is 4.52. The SMILES string of the molecule is Cc1cccc2c1nc(CCl)n2-c1ccc(Br)cc1F. The van der Waals surface area contributed by atoms with Crippen molar-refractivity contribution >= 4 is 38.6 Å². The van der Waals surface area contributed by atoms with E-state index in [1.165, 1.54) is 6.07 Å². The second-order valence-electron chi connectivity index (χ2n) is 4.54. The molecule has 2 nitrogen and oxygen atoms in total. The molecule has 0 fully saturated rings. The highest BCUT2D eigenvalue weighted by Crippen LogP contribution is 2.27. The van der Waals surface area contributed by atoms with E-state index in [2.05, 4.69) is 20.9 Å². The standard InChI is InChI=1S/C15H11BrClFN2/c1-9-3-2-4-13-15(9)19-14(8-17)20(13)12-6-5-10(16)7-11(12)18/h2-7H,8H2,1H3. The molecule has 0 N–H and O–H groups in total. The van der Waals surface area contributed by atoms with Crippen molar-refractivity contribution in [1.82, 2.24) is 9.55 Å². The number of aromatic nitrogens is 2. The predicted molar refractivity (Wildman–Crippen MR) is 83.0 cm³/mol. The van der Waals surface area contributed by atoms with Crippen molar-refractivity contribution < 1.29 is 4.39 Å². The number of benzene rings is 2. The van der Waals surface area contributed by atoms with Crippen molar-refractivity contribution in [3.8, 4) is 5.69 Å². The molecule has 0 saturated carbocycles. The average Bonchev–Trinajstić information content (AvgIpc) is 2.79. The molecule has 2 aromatic carbocycles. The summed E-state index contributed by atoms with van der Waals surface area (Å²) in [6.45, 7) is 1.98. The molecule has 20 heavy (non-hydrogen) atoms. The van der Waals surface area contributed by atoms with Crippen LogP contribution in [-0.4, -0.2) is 9.55 Å². The highest BCUT2D eigenvalue weighted by atomic mass is 79.9. The second kappa shape index (κ2) is 5.19. The first kappa shape index (κ1) is 13.6.